The van der Waals surface area contributed by atoms with E-state index in [9.17, 15) is 13.2 Å². The van der Waals surface area contributed by atoms with Gasteiger partial charge in [0.15, 0.2) is 0 Å². The molecule has 1 aromatic rings. The molecule has 2 N–H and O–H groups in total. The van der Waals surface area contributed by atoms with Crippen LogP contribution in [-0.4, -0.2) is 6.18 Å². The van der Waals surface area contributed by atoms with E-state index < -0.39 is 18.6 Å². The van der Waals surface area contributed by atoms with Crippen molar-refractivity contribution in [1.82, 2.24) is 0 Å². The van der Waals surface area contributed by atoms with Crippen LogP contribution in [0.5, 0.6) is 0 Å². The highest BCUT2D eigenvalue weighted by Crippen LogP contribution is 2.27. The highest BCUT2D eigenvalue weighted by atomic mass is 35.5. The molecule has 1 heterocycles. The first-order valence-corrected chi connectivity index (χ1v) is 3.35. The molecule has 0 fully saturated rings. The zero-order chi connectivity index (χ0) is 9.19. The van der Waals surface area contributed by atoms with Crippen molar-refractivity contribution in [2.45, 2.75) is 18.6 Å². The van der Waals surface area contributed by atoms with Crippen LogP contribution in [0.4, 0.5) is 13.2 Å². The molecule has 6 heteroatoms. The molecule has 0 bridgehead atoms. The van der Waals surface area contributed by atoms with E-state index in [1.165, 1.54) is 18.4 Å². The van der Waals surface area contributed by atoms with Crippen LogP contribution in [0.15, 0.2) is 22.8 Å². The van der Waals surface area contributed by atoms with Crippen molar-refractivity contribution in [3.63, 3.8) is 0 Å². The number of hydrogen-bond acceptors (Lipinski definition) is 2. The summed E-state index contributed by atoms with van der Waals surface area (Å²) in [6.45, 7) is 0. The molecule has 0 aromatic carbocycles. The lowest BCUT2D eigenvalue weighted by Crippen LogP contribution is -2.19. The normalized spacial score (nSPS) is 13.5. The Hall–Kier alpha value is -0.680. The van der Waals surface area contributed by atoms with Crippen LogP contribution in [0.25, 0.3) is 0 Å². The van der Waals surface area contributed by atoms with Gasteiger partial charge in [-0.3, -0.25) is 0 Å². The zero-order valence-electron chi connectivity index (χ0n) is 6.54. The summed E-state index contributed by atoms with van der Waals surface area (Å²) in [5, 5.41) is 0. The maximum Gasteiger partial charge on any atom is 0.391 e. The minimum Gasteiger partial charge on any atom is -0.468 e. The summed E-state index contributed by atoms with van der Waals surface area (Å²) in [4.78, 5) is 0. The molecule has 0 amide bonds. The Balaban J connectivity index is 0.00000144. The van der Waals surface area contributed by atoms with Crippen molar-refractivity contribution < 1.29 is 17.6 Å². The SMILES string of the molecule is Cl.N[C@@H](CC(F)(F)F)c1ccco1. The van der Waals surface area contributed by atoms with Crippen molar-refractivity contribution in [3.05, 3.63) is 24.2 Å². The smallest absolute Gasteiger partial charge is 0.391 e. The quantitative estimate of drug-likeness (QED) is 0.824. The Morgan fingerprint density at radius 1 is 1.46 bits per heavy atom. The topological polar surface area (TPSA) is 39.2 Å². The molecule has 1 aromatic heterocycles. The van der Waals surface area contributed by atoms with Crippen LogP contribution in [0.2, 0.25) is 0 Å². The Bertz CT molecular complexity index is 234. The van der Waals surface area contributed by atoms with E-state index in [0.717, 1.165) is 0 Å². The molecule has 13 heavy (non-hydrogen) atoms. The van der Waals surface area contributed by atoms with Gasteiger partial charge in [0.2, 0.25) is 0 Å². The number of nitrogens with two attached hydrogens (primary N) is 1. The molecule has 0 radical (unpaired) electrons. The molecule has 0 aliphatic rings. The first-order chi connectivity index (χ1) is 5.49. The summed E-state index contributed by atoms with van der Waals surface area (Å²) in [6, 6.07) is 1.84. The highest BCUT2D eigenvalue weighted by Gasteiger charge is 2.31. The number of rotatable bonds is 2. The summed E-state index contributed by atoms with van der Waals surface area (Å²) in [5.41, 5.74) is 5.21. The number of furan rings is 1. The average molecular weight is 216 g/mol. The van der Waals surface area contributed by atoms with Gasteiger partial charge in [0.05, 0.1) is 18.7 Å². The van der Waals surface area contributed by atoms with Crippen molar-refractivity contribution >= 4 is 12.4 Å². The lowest BCUT2D eigenvalue weighted by atomic mass is 10.2. The van der Waals surface area contributed by atoms with Crippen LogP contribution in [0.3, 0.4) is 0 Å². The molecule has 0 spiro atoms. The van der Waals surface area contributed by atoms with E-state index in [2.05, 4.69) is 0 Å². The molecule has 0 unspecified atom stereocenters. The first kappa shape index (κ1) is 12.3. The molecular formula is C7H9ClF3NO. The lowest BCUT2D eigenvalue weighted by Gasteiger charge is -2.10. The monoisotopic (exact) mass is 215 g/mol. The van der Waals surface area contributed by atoms with Crippen molar-refractivity contribution in [1.29, 1.82) is 0 Å². The van der Waals surface area contributed by atoms with Gasteiger partial charge in [-0.05, 0) is 12.1 Å². The standard InChI is InChI=1S/C7H8F3NO.ClH/c8-7(9,10)4-5(11)6-2-1-3-12-6;/h1-3,5H,4,11H2;1H/t5-;/m0./s1. The Morgan fingerprint density at radius 2 is 2.08 bits per heavy atom. The largest absolute Gasteiger partial charge is 0.468 e. The minimum absolute atomic E-state index is 0. The van der Waals surface area contributed by atoms with Gasteiger partial charge in [-0.25, -0.2) is 0 Å². The molecule has 0 saturated heterocycles. The number of alkyl halides is 3. The molecular weight excluding hydrogens is 207 g/mol. The van der Waals surface area contributed by atoms with Crippen molar-refractivity contribution in [2.24, 2.45) is 5.73 Å². The Morgan fingerprint density at radius 3 is 2.46 bits per heavy atom. The van der Waals surface area contributed by atoms with Crippen LogP contribution < -0.4 is 5.73 Å². The van der Waals surface area contributed by atoms with E-state index >= 15 is 0 Å². The molecule has 0 aliphatic heterocycles. The van der Waals surface area contributed by atoms with E-state index in [1.54, 1.807) is 0 Å². The molecule has 0 saturated carbocycles. The van der Waals surface area contributed by atoms with Crippen molar-refractivity contribution in [3.8, 4) is 0 Å². The van der Waals surface area contributed by atoms with Gasteiger partial charge in [0.1, 0.15) is 5.76 Å². The van der Waals surface area contributed by atoms with Gasteiger partial charge in [0, 0.05) is 0 Å². The fraction of sp³-hybridized carbons (Fsp3) is 0.429. The average Bonchev–Trinajstić information content (AvgIpc) is 2.32. The van der Waals surface area contributed by atoms with Crippen molar-refractivity contribution in [2.75, 3.05) is 0 Å². The molecule has 1 atom stereocenters. The van der Waals surface area contributed by atoms with Crippen LogP contribution >= 0.6 is 12.4 Å². The first-order valence-electron chi connectivity index (χ1n) is 3.35. The summed E-state index contributed by atoms with van der Waals surface area (Å²) < 4.78 is 40.0. The van der Waals surface area contributed by atoms with E-state index in [-0.39, 0.29) is 18.2 Å². The van der Waals surface area contributed by atoms with Gasteiger partial charge in [-0.15, -0.1) is 12.4 Å². The summed E-state index contributed by atoms with van der Waals surface area (Å²) in [5.74, 6) is 0.160. The van der Waals surface area contributed by atoms with Gasteiger partial charge < -0.3 is 10.2 Å². The van der Waals surface area contributed by atoms with E-state index in [4.69, 9.17) is 10.2 Å². The fourth-order valence-electron chi connectivity index (χ4n) is 0.852. The Kier molecular flexibility index (Phi) is 4.29. The zero-order valence-corrected chi connectivity index (χ0v) is 7.36. The molecule has 0 aliphatic carbocycles. The third-order valence-electron chi connectivity index (χ3n) is 1.36. The molecule has 76 valence electrons. The second-order valence-corrected chi connectivity index (χ2v) is 2.44. The van der Waals surface area contributed by atoms with Gasteiger partial charge in [0.25, 0.3) is 0 Å². The van der Waals surface area contributed by atoms with Gasteiger partial charge in [-0.1, -0.05) is 0 Å². The summed E-state index contributed by atoms with van der Waals surface area (Å²) in [6.07, 6.45) is -4.00. The summed E-state index contributed by atoms with van der Waals surface area (Å²) in [7, 11) is 0. The van der Waals surface area contributed by atoms with Crippen LogP contribution in [0, 0.1) is 0 Å². The number of hydrogen-bond donors (Lipinski definition) is 1. The predicted octanol–water partition coefficient (Wildman–Crippen LogP) is 2.65. The summed E-state index contributed by atoms with van der Waals surface area (Å²) >= 11 is 0. The van der Waals surface area contributed by atoms with Crippen LogP contribution in [-0.2, 0) is 0 Å². The molecule has 1 rings (SSSR count). The second kappa shape index (κ2) is 4.53. The highest BCUT2D eigenvalue weighted by molar-refractivity contribution is 5.85. The fourth-order valence-corrected chi connectivity index (χ4v) is 0.852. The van der Waals surface area contributed by atoms with E-state index in [0.29, 0.717) is 0 Å². The van der Waals surface area contributed by atoms with Gasteiger partial charge in [-0.2, -0.15) is 13.2 Å². The molecule has 2 nitrogen and oxygen atoms in total. The third-order valence-corrected chi connectivity index (χ3v) is 1.36. The predicted molar refractivity (Wildman–Crippen MR) is 43.6 cm³/mol. The minimum atomic E-state index is -4.24. The Labute approximate surface area is 79.3 Å². The van der Waals surface area contributed by atoms with E-state index in [1.807, 2.05) is 0 Å². The van der Waals surface area contributed by atoms with Gasteiger partial charge >= 0.3 is 6.18 Å². The third kappa shape index (κ3) is 4.19. The second-order valence-electron chi connectivity index (χ2n) is 2.44. The maximum atomic E-state index is 11.8. The number of halogens is 4. The van der Waals surface area contributed by atoms with Crippen LogP contribution in [0.1, 0.15) is 18.2 Å². The maximum absolute atomic E-state index is 11.8. The lowest BCUT2D eigenvalue weighted by molar-refractivity contribution is -0.139.